The maximum absolute atomic E-state index is 6.40. The van der Waals surface area contributed by atoms with Crippen LogP contribution in [0.3, 0.4) is 0 Å². The van der Waals surface area contributed by atoms with E-state index in [1.807, 2.05) is 0 Å². The Bertz CT molecular complexity index is 1420. The van der Waals surface area contributed by atoms with Crippen LogP contribution in [0.4, 0.5) is 0 Å². The normalized spacial score (nSPS) is 16.7. The van der Waals surface area contributed by atoms with E-state index in [2.05, 4.69) is 114 Å². The first-order valence-electron chi connectivity index (χ1n) is 12.2. The largest absolute Gasteiger partial charge is 0.494 e. The van der Waals surface area contributed by atoms with Crippen molar-refractivity contribution in [3.05, 3.63) is 126 Å². The van der Waals surface area contributed by atoms with E-state index >= 15 is 0 Å². The molecule has 0 spiro atoms. The molecule has 6 rings (SSSR count). The van der Waals surface area contributed by atoms with Crippen LogP contribution in [0.2, 0.25) is 0 Å². The first-order chi connectivity index (χ1) is 17.3. The number of hydrogen-bond acceptors (Lipinski definition) is 3. The molecule has 0 radical (unpaired) electrons. The quantitative estimate of drug-likeness (QED) is 0.240. The number of benzene rings is 5. The fourth-order valence-electron chi connectivity index (χ4n) is 5.44. The second-order valence-electron chi connectivity index (χ2n) is 9.23. The van der Waals surface area contributed by atoms with Gasteiger partial charge in [-0.05, 0) is 49.8 Å². The van der Waals surface area contributed by atoms with Crippen LogP contribution in [-0.2, 0) is 22.4 Å². The summed E-state index contributed by atoms with van der Waals surface area (Å²) in [5, 5.41) is 5.18. The minimum Gasteiger partial charge on any atom is -0.410 e. The molecule has 0 aromatic heterocycles. The molecule has 3 nitrogen and oxygen atoms in total. The van der Waals surface area contributed by atoms with Gasteiger partial charge in [-0.15, -0.1) is 0 Å². The smallest absolute Gasteiger partial charge is 0.410 e. The van der Waals surface area contributed by atoms with Gasteiger partial charge in [-0.2, -0.15) is 0 Å². The van der Waals surface area contributed by atoms with Crippen LogP contribution in [-0.4, -0.2) is 25.7 Å². The van der Waals surface area contributed by atoms with Gasteiger partial charge in [-0.3, -0.25) is 4.90 Å². The number of fused-ring (bicyclic) bond motifs is 3. The Balaban J connectivity index is 1.51. The Morgan fingerprint density at radius 1 is 0.800 bits per heavy atom. The summed E-state index contributed by atoms with van der Waals surface area (Å²) in [5.41, 5.74) is 4.96. The Hall–Kier alpha value is -3.44. The molecule has 0 bridgehead atoms. The molecule has 35 heavy (non-hydrogen) atoms. The molecule has 0 aliphatic carbocycles. The third-order valence-corrected chi connectivity index (χ3v) is 7.17. The third-order valence-electron chi connectivity index (χ3n) is 7.17. The molecule has 172 valence electrons. The van der Waals surface area contributed by atoms with Crippen LogP contribution >= 0.6 is 0 Å². The summed E-state index contributed by atoms with van der Waals surface area (Å²) in [6.07, 6.45) is 0. The molecule has 4 heteroatoms. The predicted molar refractivity (Wildman–Crippen MR) is 145 cm³/mol. The Labute approximate surface area is 207 Å². The fourth-order valence-corrected chi connectivity index (χ4v) is 5.44. The molecule has 5 aromatic rings. The highest BCUT2D eigenvalue weighted by molar-refractivity contribution is 6.61. The molecule has 1 aliphatic heterocycles. The van der Waals surface area contributed by atoms with Crippen molar-refractivity contribution in [2.75, 3.05) is 13.7 Å². The van der Waals surface area contributed by atoms with Crippen molar-refractivity contribution >= 4 is 34.1 Å². The van der Waals surface area contributed by atoms with Crippen molar-refractivity contribution in [1.82, 2.24) is 4.90 Å². The van der Waals surface area contributed by atoms with Gasteiger partial charge in [0.1, 0.15) is 0 Å². The topological polar surface area (TPSA) is 21.7 Å². The molecule has 0 fully saturated rings. The maximum atomic E-state index is 6.40. The van der Waals surface area contributed by atoms with Crippen LogP contribution in [0.1, 0.15) is 22.7 Å². The van der Waals surface area contributed by atoms with E-state index in [4.69, 9.17) is 9.31 Å². The van der Waals surface area contributed by atoms with Gasteiger partial charge in [-0.25, -0.2) is 0 Å². The summed E-state index contributed by atoms with van der Waals surface area (Å²) in [6.45, 7) is 2.19. The molecule has 0 amide bonds. The van der Waals surface area contributed by atoms with Crippen molar-refractivity contribution in [2.45, 2.75) is 19.1 Å². The van der Waals surface area contributed by atoms with Crippen LogP contribution in [0.25, 0.3) is 21.5 Å². The molecule has 0 unspecified atom stereocenters. The zero-order valence-electron chi connectivity index (χ0n) is 19.9. The highest BCUT2D eigenvalue weighted by Gasteiger charge is 2.32. The first kappa shape index (κ1) is 22.1. The van der Waals surface area contributed by atoms with E-state index in [1.54, 1.807) is 7.11 Å². The molecule has 5 aromatic carbocycles. The summed E-state index contributed by atoms with van der Waals surface area (Å²) in [4.78, 5) is 2.56. The molecule has 1 heterocycles. The van der Waals surface area contributed by atoms with Crippen LogP contribution in [0.5, 0.6) is 0 Å². The SMILES string of the molecule is COB1OC[C@@H](c2ccccc2)N(Cc2c3ccccc3cc3ccccc23)Cc2ccccc21. The Morgan fingerprint density at radius 2 is 1.43 bits per heavy atom. The second-order valence-corrected chi connectivity index (χ2v) is 9.23. The van der Waals surface area contributed by atoms with Crippen LogP contribution in [0, 0.1) is 0 Å². The average Bonchev–Trinajstić information content (AvgIpc) is 2.90. The highest BCUT2D eigenvalue weighted by Crippen LogP contribution is 2.33. The average molecular weight is 457 g/mol. The lowest BCUT2D eigenvalue weighted by molar-refractivity contribution is 0.104. The van der Waals surface area contributed by atoms with Crippen molar-refractivity contribution in [1.29, 1.82) is 0 Å². The monoisotopic (exact) mass is 457 g/mol. The van der Waals surface area contributed by atoms with Gasteiger partial charge < -0.3 is 9.31 Å². The lowest BCUT2D eigenvalue weighted by Gasteiger charge is -2.36. The summed E-state index contributed by atoms with van der Waals surface area (Å²) < 4.78 is 12.2. The number of hydrogen-bond donors (Lipinski definition) is 0. The van der Waals surface area contributed by atoms with Crippen molar-refractivity contribution < 1.29 is 9.31 Å². The van der Waals surface area contributed by atoms with E-state index in [9.17, 15) is 0 Å². The standard InChI is InChI=1S/C31H28BNO2/c1-34-32-30-18-10-7-15-26(30)20-33(31(22-35-32)23-11-3-2-4-12-23)21-29-27-16-8-5-13-24(27)19-25-14-6-9-17-28(25)29/h2-19,31H,20-22H2,1H3/t31-/m0/s1. The van der Waals surface area contributed by atoms with Crippen molar-refractivity contribution in [3.8, 4) is 0 Å². The minimum atomic E-state index is -0.363. The lowest BCUT2D eigenvalue weighted by Crippen LogP contribution is -2.45. The maximum Gasteiger partial charge on any atom is 0.494 e. The van der Waals surface area contributed by atoms with Gasteiger partial charge in [0.15, 0.2) is 0 Å². The van der Waals surface area contributed by atoms with Gasteiger partial charge in [0.05, 0.1) is 12.6 Å². The molecule has 0 saturated heterocycles. The van der Waals surface area contributed by atoms with Gasteiger partial charge in [0.2, 0.25) is 0 Å². The summed E-state index contributed by atoms with van der Waals surface area (Å²) in [6, 6.07) is 39.1. The molecular weight excluding hydrogens is 429 g/mol. The summed E-state index contributed by atoms with van der Waals surface area (Å²) in [5.74, 6) is 0. The van der Waals surface area contributed by atoms with E-state index < -0.39 is 0 Å². The zero-order valence-corrected chi connectivity index (χ0v) is 19.9. The lowest BCUT2D eigenvalue weighted by atomic mass is 9.74. The minimum absolute atomic E-state index is 0.0972. The Kier molecular flexibility index (Phi) is 6.09. The van der Waals surface area contributed by atoms with Crippen LogP contribution in [0.15, 0.2) is 109 Å². The van der Waals surface area contributed by atoms with Crippen LogP contribution < -0.4 is 5.46 Å². The molecule has 0 N–H and O–H groups in total. The van der Waals surface area contributed by atoms with Gasteiger partial charge in [0.25, 0.3) is 0 Å². The van der Waals surface area contributed by atoms with E-state index in [1.165, 1.54) is 38.2 Å². The highest BCUT2D eigenvalue weighted by atomic mass is 16.6. The molecular formula is C31H28BNO2. The van der Waals surface area contributed by atoms with Crippen molar-refractivity contribution in [3.63, 3.8) is 0 Å². The van der Waals surface area contributed by atoms with Gasteiger partial charge >= 0.3 is 7.12 Å². The molecule has 0 saturated carbocycles. The van der Waals surface area contributed by atoms with Crippen molar-refractivity contribution in [2.24, 2.45) is 0 Å². The van der Waals surface area contributed by atoms with Gasteiger partial charge in [-0.1, -0.05) is 103 Å². The summed E-state index contributed by atoms with van der Waals surface area (Å²) in [7, 11) is 1.36. The fraction of sp³-hybridized carbons (Fsp3) is 0.161. The molecule has 1 aliphatic rings. The van der Waals surface area contributed by atoms with E-state index in [0.717, 1.165) is 18.6 Å². The summed E-state index contributed by atoms with van der Waals surface area (Å²) >= 11 is 0. The van der Waals surface area contributed by atoms with E-state index in [0.29, 0.717) is 6.61 Å². The zero-order chi connectivity index (χ0) is 23.6. The van der Waals surface area contributed by atoms with Gasteiger partial charge in [0, 0.05) is 20.2 Å². The third kappa shape index (κ3) is 4.25. The first-order valence-corrected chi connectivity index (χ1v) is 12.2. The molecule has 1 atom stereocenters. The number of rotatable bonds is 4. The number of nitrogens with zero attached hydrogens (tertiary/aromatic N) is 1. The predicted octanol–water partition coefficient (Wildman–Crippen LogP) is 6.11. The Morgan fingerprint density at radius 3 is 2.14 bits per heavy atom. The second kappa shape index (κ2) is 9.67. The van der Waals surface area contributed by atoms with E-state index in [-0.39, 0.29) is 13.2 Å².